The fraction of sp³-hybridized carbons (Fsp3) is 0.0909. The van der Waals surface area contributed by atoms with Crippen molar-refractivity contribution in [3.05, 3.63) is 36.2 Å². The molecule has 1 heterocycles. The molecule has 0 saturated carbocycles. The van der Waals surface area contributed by atoms with Gasteiger partial charge in [-0.15, -0.1) is 5.73 Å². The van der Waals surface area contributed by atoms with Gasteiger partial charge in [-0.3, -0.25) is 4.68 Å². The van der Waals surface area contributed by atoms with Crippen molar-refractivity contribution in [3.63, 3.8) is 0 Å². The van der Waals surface area contributed by atoms with Crippen molar-refractivity contribution in [1.29, 1.82) is 0 Å². The van der Waals surface area contributed by atoms with Gasteiger partial charge >= 0.3 is 0 Å². The molecule has 0 radical (unpaired) electrons. The van der Waals surface area contributed by atoms with E-state index in [1.54, 1.807) is 6.08 Å². The molecule has 0 amide bonds. The minimum Gasteiger partial charge on any atom is -0.399 e. The lowest BCUT2D eigenvalue weighted by atomic mass is 10.2. The Hall–Kier alpha value is -1.99. The Labute approximate surface area is 82.1 Å². The standard InChI is InChI=1S/C11H11N3/c1-3-4-10-9-7-8(12)5-6-11(9)14(2)13-10/h4-7H,1,12H2,2H3. The van der Waals surface area contributed by atoms with Gasteiger partial charge in [-0.1, -0.05) is 6.58 Å². The number of rotatable bonds is 1. The van der Waals surface area contributed by atoms with Crippen LogP contribution in [0.25, 0.3) is 17.0 Å². The first-order chi connectivity index (χ1) is 6.72. The molecule has 70 valence electrons. The normalized spacial score (nSPS) is 10.1. The predicted molar refractivity (Wildman–Crippen MR) is 58.7 cm³/mol. The number of nitrogens with two attached hydrogens (primary N) is 1. The topological polar surface area (TPSA) is 43.8 Å². The number of anilines is 1. The maximum Gasteiger partial charge on any atom is 0.101 e. The summed E-state index contributed by atoms with van der Waals surface area (Å²) >= 11 is 0. The Balaban J connectivity index is 2.85. The molecular weight excluding hydrogens is 174 g/mol. The van der Waals surface area contributed by atoms with Gasteiger partial charge in [0.2, 0.25) is 0 Å². The van der Waals surface area contributed by atoms with Gasteiger partial charge in [0.05, 0.1) is 5.52 Å². The Morgan fingerprint density at radius 2 is 2.36 bits per heavy atom. The smallest absolute Gasteiger partial charge is 0.101 e. The van der Waals surface area contributed by atoms with Crippen molar-refractivity contribution in [3.8, 4) is 0 Å². The fourth-order valence-electron chi connectivity index (χ4n) is 1.51. The summed E-state index contributed by atoms with van der Waals surface area (Å²) in [4.78, 5) is 0. The minimum atomic E-state index is 0.740. The molecule has 2 rings (SSSR count). The first-order valence-corrected chi connectivity index (χ1v) is 4.30. The molecule has 0 bridgehead atoms. The SMILES string of the molecule is C=C=Cc1nn(C)c2ccc(N)cc12. The Morgan fingerprint density at radius 3 is 3.07 bits per heavy atom. The zero-order chi connectivity index (χ0) is 10.1. The lowest BCUT2D eigenvalue weighted by molar-refractivity contribution is 0.793. The number of aryl methyl sites for hydroxylation is 1. The van der Waals surface area contributed by atoms with Crippen molar-refractivity contribution in [2.75, 3.05) is 5.73 Å². The van der Waals surface area contributed by atoms with Gasteiger partial charge < -0.3 is 5.73 Å². The third-order valence-corrected chi connectivity index (χ3v) is 2.14. The van der Waals surface area contributed by atoms with Crippen LogP contribution < -0.4 is 5.73 Å². The summed E-state index contributed by atoms with van der Waals surface area (Å²) in [7, 11) is 1.90. The second-order valence-electron chi connectivity index (χ2n) is 3.13. The molecule has 0 aliphatic carbocycles. The maximum absolute atomic E-state index is 5.71. The summed E-state index contributed by atoms with van der Waals surface area (Å²) in [6, 6.07) is 5.73. The molecule has 2 N–H and O–H groups in total. The number of fused-ring (bicyclic) bond motifs is 1. The van der Waals surface area contributed by atoms with Crippen molar-refractivity contribution < 1.29 is 0 Å². The average Bonchev–Trinajstić information content (AvgIpc) is 2.44. The first-order valence-electron chi connectivity index (χ1n) is 4.30. The highest BCUT2D eigenvalue weighted by Gasteiger charge is 2.05. The van der Waals surface area contributed by atoms with Gasteiger partial charge in [-0.2, -0.15) is 5.10 Å². The summed E-state index contributed by atoms with van der Waals surface area (Å²) < 4.78 is 1.82. The number of nitrogens with zero attached hydrogens (tertiary/aromatic N) is 2. The molecule has 2 aromatic rings. The van der Waals surface area contributed by atoms with Crippen molar-refractivity contribution in [1.82, 2.24) is 9.78 Å². The van der Waals surface area contributed by atoms with Gasteiger partial charge in [-0.25, -0.2) is 0 Å². The zero-order valence-electron chi connectivity index (χ0n) is 7.99. The molecule has 0 spiro atoms. The van der Waals surface area contributed by atoms with Gasteiger partial charge in [0.1, 0.15) is 5.69 Å². The monoisotopic (exact) mass is 185 g/mol. The molecule has 0 aliphatic rings. The summed E-state index contributed by atoms with van der Waals surface area (Å²) in [6.45, 7) is 3.53. The van der Waals surface area contributed by atoms with E-state index in [0.717, 1.165) is 22.3 Å². The summed E-state index contributed by atoms with van der Waals surface area (Å²) in [5.74, 6) is 0. The molecule has 0 atom stereocenters. The molecule has 1 aromatic heterocycles. The number of hydrogen-bond donors (Lipinski definition) is 1. The zero-order valence-corrected chi connectivity index (χ0v) is 7.99. The van der Waals surface area contributed by atoms with E-state index in [-0.39, 0.29) is 0 Å². The van der Waals surface area contributed by atoms with Gasteiger partial charge in [-0.05, 0) is 18.2 Å². The largest absolute Gasteiger partial charge is 0.399 e. The molecule has 3 heteroatoms. The molecule has 0 unspecified atom stereocenters. The summed E-state index contributed by atoms with van der Waals surface area (Å²) in [5.41, 5.74) is 11.1. The van der Waals surface area contributed by atoms with Gasteiger partial charge in [0.15, 0.2) is 0 Å². The summed E-state index contributed by atoms with van der Waals surface area (Å²) in [5, 5.41) is 5.35. The minimum absolute atomic E-state index is 0.740. The van der Waals surface area contributed by atoms with E-state index in [1.807, 2.05) is 29.9 Å². The molecule has 1 aromatic carbocycles. The molecule has 0 saturated heterocycles. The van der Waals surface area contributed by atoms with Crippen LogP contribution in [0, 0.1) is 0 Å². The van der Waals surface area contributed by atoms with Crippen LogP contribution in [0.5, 0.6) is 0 Å². The van der Waals surface area contributed by atoms with E-state index < -0.39 is 0 Å². The molecule has 0 aliphatic heterocycles. The molecular formula is C11H11N3. The van der Waals surface area contributed by atoms with Crippen LogP contribution >= 0.6 is 0 Å². The second kappa shape index (κ2) is 3.05. The van der Waals surface area contributed by atoms with Gasteiger partial charge in [0.25, 0.3) is 0 Å². The molecule has 3 nitrogen and oxygen atoms in total. The number of aromatic nitrogens is 2. The highest BCUT2D eigenvalue weighted by atomic mass is 15.3. The quantitative estimate of drug-likeness (QED) is 0.545. The van der Waals surface area contributed by atoms with E-state index in [0.29, 0.717) is 0 Å². The highest BCUT2D eigenvalue weighted by Crippen LogP contribution is 2.21. The van der Waals surface area contributed by atoms with E-state index in [2.05, 4.69) is 17.4 Å². The van der Waals surface area contributed by atoms with Crippen LogP contribution in [-0.2, 0) is 7.05 Å². The van der Waals surface area contributed by atoms with Gasteiger partial charge in [0, 0.05) is 24.2 Å². The lowest BCUT2D eigenvalue weighted by Gasteiger charge is -1.94. The number of benzene rings is 1. The van der Waals surface area contributed by atoms with E-state index in [1.165, 1.54) is 0 Å². The predicted octanol–water partition coefficient (Wildman–Crippen LogP) is 1.95. The average molecular weight is 185 g/mol. The second-order valence-corrected chi connectivity index (χ2v) is 3.13. The van der Waals surface area contributed by atoms with Crippen molar-refractivity contribution in [2.45, 2.75) is 0 Å². The number of hydrogen-bond acceptors (Lipinski definition) is 2. The Bertz CT molecular complexity index is 531. The number of nitrogen functional groups attached to an aromatic ring is 1. The first kappa shape index (κ1) is 8.60. The highest BCUT2D eigenvalue weighted by molar-refractivity contribution is 5.89. The van der Waals surface area contributed by atoms with Crippen LogP contribution in [0.3, 0.4) is 0 Å². The molecule has 14 heavy (non-hydrogen) atoms. The third kappa shape index (κ3) is 1.20. The lowest BCUT2D eigenvalue weighted by Crippen LogP contribution is -1.89. The van der Waals surface area contributed by atoms with E-state index in [9.17, 15) is 0 Å². The van der Waals surface area contributed by atoms with Crippen LogP contribution in [0.15, 0.2) is 30.5 Å². The van der Waals surface area contributed by atoms with E-state index in [4.69, 9.17) is 5.73 Å². The molecule has 0 fully saturated rings. The van der Waals surface area contributed by atoms with Crippen LogP contribution in [-0.4, -0.2) is 9.78 Å². The fourth-order valence-corrected chi connectivity index (χ4v) is 1.51. The maximum atomic E-state index is 5.71. The Morgan fingerprint density at radius 1 is 1.57 bits per heavy atom. The van der Waals surface area contributed by atoms with Crippen molar-refractivity contribution in [2.24, 2.45) is 7.05 Å². The van der Waals surface area contributed by atoms with Crippen LogP contribution in [0.1, 0.15) is 5.69 Å². The Kier molecular flexibility index (Phi) is 1.88. The van der Waals surface area contributed by atoms with Crippen LogP contribution in [0.4, 0.5) is 5.69 Å². The third-order valence-electron chi connectivity index (χ3n) is 2.14. The van der Waals surface area contributed by atoms with E-state index >= 15 is 0 Å². The van der Waals surface area contributed by atoms with Crippen LogP contribution in [0.2, 0.25) is 0 Å². The van der Waals surface area contributed by atoms with Crippen molar-refractivity contribution >= 4 is 22.7 Å². The summed E-state index contributed by atoms with van der Waals surface area (Å²) in [6.07, 6.45) is 1.75.